The van der Waals surface area contributed by atoms with Crippen molar-refractivity contribution in [3.05, 3.63) is 41.8 Å². The second-order valence-corrected chi connectivity index (χ2v) is 6.64. The Bertz CT molecular complexity index is 639. The quantitative estimate of drug-likeness (QED) is 0.554. The summed E-state index contributed by atoms with van der Waals surface area (Å²) in [5.74, 6) is 0.208. The average molecular weight is 315 g/mol. The fourth-order valence-corrected chi connectivity index (χ4v) is 2.29. The van der Waals surface area contributed by atoms with Crippen LogP contribution in [0.4, 0.5) is 0 Å². The molecule has 2 aromatic heterocycles. The van der Waals surface area contributed by atoms with Gasteiger partial charge in [-0.3, -0.25) is 0 Å². The zero-order valence-electron chi connectivity index (χ0n) is 14.4. The highest BCUT2D eigenvalue weighted by atomic mass is 16.6. The first-order valence-electron chi connectivity index (χ1n) is 8.18. The number of nitrogens with zero attached hydrogens (tertiary/aromatic N) is 1. The Hall–Kier alpha value is -2.10. The third-order valence-corrected chi connectivity index (χ3v) is 3.36. The number of carbonyl (C=O) groups excluding carboxylic acids is 1. The van der Waals surface area contributed by atoms with Gasteiger partial charge in [-0.05, 0) is 57.9 Å². The molecule has 4 heteroatoms. The van der Waals surface area contributed by atoms with E-state index in [9.17, 15) is 4.79 Å². The Labute approximate surface area is 137 Å². The maximum atomic E-state index is 12.4. The zero-order valence-corrected chi connectivity index (χ0v) is 14.4. The van der Waals surface area contributed by atoms with Crippen LogP contribution in [0, 0.1) is 0 Å². The standard InChI is InChI=1S/C19H25NO3/c1-5-6-7-9-14-11-12-15(18(21)23-19(2,3)4)17(20-14)16-10-8-13-22-16/h8,10-13H,5-7,9H2,1-4H3. The molecule has 0 saturated carbocycles. The molecule has 0 aliphatic carbocycles. The highest BCUT2D eigenvalue weighted by molar-refractivity contribution is 5.95. The summed E-state index contributed by atoms with van der Waals surface area (Å²) in [7, 11) is 0. The molecule has 0 bridgehead atoms. The van der Waals surface area contributed by atoms with Crippen LogP contribution in [0.2, 0.25) is 0 Å². The topological polar surface area (TPSA) is 52.3 Å². The van der Waals surface area contributed by atoms with Crippen LogP contribution in [-0.2, 0) is 11.2 Å². The minimum Gasteiger partial charge on any atom is -0.463 e. The van der Waals surface area contributed by atoms with Crippen LogP contribution in [0.3, 0.4) is 0 Å². The van der Waals surface area contributed by atoms with E-state index in [1.807, 2.05) is 32.9 Å². The Kier molecular flexibility index (Phi) is 5.59. The summed E-state index contributed by atoms with van der Waals surface area (Å²) in [5.41, 5.74) is 1.42. The summed E-state index contributed by atoms with van der Waals surface area (Å²) in [4.78, 5) is 17.1. The third kappa shape index (κ3) is 4.95. The maximum Gasteiger partial charge on any atom is 0.341 e. The van der Waals surface area contributed by atoms with Crippen molar-refractivity contribution in [3.63, 3.8) is 0 Å². The number of aryl methyl sites for hydroxylation is 1. The molecule has 0 aliphatic rings. The first-order chi connectivity index (χ1) is 10.9. The lowest BCUT2D eigenvalue weighted by Crippen LogP contribution is -2.24. The third-order valence-electron chi connectivity index (χ3n) is 3.36. The molecule has 2 aromatic rings. The lowest BCUT2D eigenvalue weighted by Gasteiger charge is -2.20. The van der Waals surface area contributed by atoms with Gasteiger partial charge in [0.15, 0.2) is 5.76 Å². The van der Waals surface area contributed by atoms with Crippen molar-refractivity contribution in [2.45, 2.75) is 59.0 Å². The number of carbonyl (C=O) groups is 1. The predicted molar refractivity (Wildman–Crippen MR) is 90.3 cm³/mol. The SMILES string of the molecule is CCCCCc1ccc(C(=O)OC(C)(C)C)c(-c2ccco2)n1. The monoisotopic (exact) mass is 315 g/mol. The zero-order chi connectivity index (χ0) is 16.9. The van der Waals surface area contributed by atoms with Gasteiger partial charge in [0.05, 0.1) is 11.8 Å². The predicted octanol–water partition coefficient (Wildman–Crippen LogP) is 5.03. The summed E-state index contributed by atoms with van der Waals surface area (Å²) >= 11 is 0. The molecule has 0 aromatic carbocycles. The van der Waals surface area contributed by atoms with Crippen molar-refractivity contribution in [3.8, 4) is 11.5 Å². The van der Waals surface area contributed by atoms with Crippen LogP contribution in [0.25, 0.3) is 11.5 Å². The summed E-state index contributed by atoms with van der Waals surface area (Å²) in [5, 5.41) is 0. The Morgan fingerprint density at radius 3 is 2.61 bits per heavy atom. The normalized spacial score (nSPS) is 11.5. The maximum absolute atomic E-state index is 12.4. The van der Waals surface area contributed by atoms with Crippen LogP contribution in [0.15, 0.2) is 34.9 Å². The van der Waals surface area contributed by atoms with Crippen LogP contribution in [-0.4, -0.2) is 16.6 Å². The van der Waals surface area contributed by atoms with Gasteiger partial charge >= 0.3 is 5.97 Å². The number of rotatable bonds is 6. The van der Waals surface area contributed by atoms with Gasteiger partial charge in [0.25, 0.3) is 0 Å². The summed E-state index contributed by atoms with van der Waals surface area (Å²) < 4.78 is 10.9. The van der Waals surface area contributed by atoms with Crippen LogP contribution < -0.4 is 0 Å². The minimum absolute atomic E-state index is 0.378. The van der Waals surface area contributed by atoms with Crippen LogP contribution in [0.1, 0.15) is 63.0 Å². The molecule has 0 spiro atoms. The molecule has 0 N–H and O–H groups in total. The molecule has 23 heavy (non-hydrogen) atoms. The molecule has 0 saturated heterocycles. The number of aromatic nitrogens is 1. The summed E-state index contributed by atoms with van der Waals surface area (Å²) in [6.07, 6.45) is 5.91. The smallest absolute Gasteiger partial charge is 0.341 e. The van der Waals surface area contributed by atoms with Crippen molar-refractivity contribution in [1.29, 1.82) is 0 Å². The first-order valence-corrected chi connectivity index (χ1v) is 8.18. The van der Waals surface area contributed by atoms with E-state index >= 15 is 0 Å². The van der Waals surface area contributed by atoms with Crippen molar-refractivity contribution in [2.75, 3.05) is 0 Å². The molecule has 0 radical (unpaired) electrons. The van der Waals surface area contributed by atoms with Gasteiger partial charge in [-0.2, -0.15) is 0 Å². The molecule has 0 atom stereocenters. The molecular formula is C19H25NO3. The number of unbranched alkanes of at least 4 members (excludes halogenated alkanes) is 2. The second-order valence-electron chi connectivity index (χ2n) is 6.64. The number of hydrogen-bond acceptors (Lipinski definition) is 4. The van der Waals surface area contributed by atoms with E-state index in [0.717, 1.165) is 18.5 Å². The van der Waals surface area contributed by atoms with Gasteiger partial charge < -0.3 is 9.15 Å². The minimum atomic E-state index is -0.544. The fraction of sp³-hybridized carbons (Fsp3) is 0.474. The molecule has 2 heterocycles. The molecular weight excluding hydrogens is 290 g/mol. The molecule has 0 fully saturated rings. The van der Waals surface area contributed by atoms with Gasteiger partial charge in [0, 0.05) is 5.69 Å². The second kappa shape index (κ2) is 7.44. The number of esters is 1. The molecule has 124 valence electrons. The van der Waals surface area contributed by atoms with Gasteiger partial charge in [-0.25, -0.2) is 9.78 Å². The lowest BCUT2D eigenvalue weighted by atomic mass is 10.1. The Balaban J connectivity index is 2.32. The first kappa shape index (κ1) is 17.3. The highest BCUT2D eigenvalue weighted by Gasteiger charge is 2.23. The number of hydrogen-bond donors (Lipinski definition) is 0. The Morgan fingerprint density at radius 2 is 2.00 bits per heavy atom. The summed E-state index contributed by atoms with van der Waals surface area (Å²) in [6.45, 7) is 7.73. The lowest BCUT2D eigenvalue weighted by molar-refractivity contribution is 0.00698. The van der Waals surface area contributed by atoms with Gasteiger partial charge in [0.2, 0.25) is 0 Å². The molecule has 0 amide bonds. The van der Waals surface area contributed by atoms with E-state index in [-0.39, 0.29) is 5.97 Å². The van der Waals surface area contributed by atoms with E-state index in [2.05, 4.69) is 11.9 Å². The largest absolute Gasteiger partial charge is 0.463 e. The Morgan fingerprint density at radius 1 is 1.22 bits per heavy atom. The van der Waals surface area contributed by atoms with E-state index in [1.54, 1.807) is 18.4 Å². The van der Waals surface area contributed by atoms with Crippen molar-refractivity contribution >= 4 is 5.97 Å². The summed E-state index contributed by atoms with van der Waals surface area (Å²) in [6, 6.07) is 7.30. The van der Waals surface area contributed by atoms with Crippen molar-refractivity contribution in [2.24, 2.45) is 0 Å². The average Bonchev–Trinajstić information content (AvgIpc) is 2.99. The van der Waals surface area contributed by atoms with Gasteiger partial charge in [0.1, 0.15) is 11.3 Å². The molecule has 0 unspecified atom stereocenters. The number of pyridine rings is 1. The molecule has 2 rings (SSSR count). The van der Waals surface area contributed by atoms with E-state index in [4.69, 9.17) is 9.15 Å². The van der Waals surface area contributed by atoms with E-state index in [1.165, 1.54) is 12.8 Å². The van der Waals surface area contributed by atoms with Crippen molar-refractivity contribution in [1.82, 2.24) is 4.98 Å². The van der Waals surface area contributed by atoms with E-state index in [0.29, 0.717) is 17.0 Å². The number of ether oxygens (including phenoxy) is 1. The van der Waals surface area contributed by atoms with Gasteiger partial charge in [-0.1, -0.05) is 19.8 Å². The fourth-order valence-electron chi connectivity index (χ4n) is 2.29. The number of furan rings is 1. The van der Waals surface area contributed by atoms with Crippen LogP contribution in [0.5, 0.6) is 0 Å². The van der Waals surface area contributed by atoms with Crippen molar-refractivity contribution < 1.29 is 13.9 Å². The highest BCUT2D eigenvalue weighted by Crippen LogP contribution is 2.25. The van der Waals surface area contributed by atoms with Crippen LogP contribution >= 0.6 is 0 Å². The molecule has 4 nitrogen and oxygen atoms in total. The molecule has 0 aliphatic heterocycles. The van der Waals surface area contributed by atoms with Gasteiger partial charge in [-0.15, -0.1) is 0 Å². The van der Waals surface area contributed by atoms with E-state index < -0.39 is 5.60 Å².